The second kappa shape index (κ2) is 5.78. The molecule has 0 aliphatic heterocycles. The smallest absolute Gasteiger partial charge is 0.244 e. The number of nitrogens with zero attached hydrogens (tertiary/aromatic N) is 2. The molecule has 1 rings (SSSR count). The molecule has 0 saturated heterocycles. The maximum absolute atomic E-state index is 12.3. The van der Waals surface area contributed by atoms with Crippen molar-refractivity contribution in [3.8, 4) is 6.07 Å². The zero-order valence-electron chi connectivity index (χ0n) is 11.0. The Kier molecular flexibility index (Phi) is 4.80. The number of halogens is 1. The van der Waals surface area contributed by atoms with E-state index in [0.717, 1.165) is 9.87 Å². The van der Waals surface area contributed by atoms with Crippen molar-refractivity contribution in [2.24, 2.45) is 5.92 Å². The second-order valence-electron chi connectivity index (χ2n) is 4.45. The number of benzene rings is 1. The average molecular weight is 302 g/mol. The Morgan fingerprint density at radius 3 is 2.63 bits per heavy atom. The third kappa shape index (κ3) is 3.38. The highest BCUT2D eigenvalue weighted by molar-refractivity contribution is 7.89. The molecular formula is C12H16ClN3O2S. The first kappa shape index (κ1) is 15.8. The van der Waals surface area contributed by atoms with Gasteiger partial charge >= 0.3 is 0 Å². The minimum absolute atomic E-state index is 0.0371. The Labute approximate surface area is 118 Å². The van der Waals surface area contributed by atoms with Crippen molar-refractivity contribution >= 4 is 27.3 Å². The van der Waals surface area contributed by atoms with Gasteiger partial charge in [-0.1, -0.05) is 11.6 Å². The van der Waals surface area contributed by atoms with Crippen LogP contribution in [0.15, 0.2) is 17.0 Å². The standard InChI is InChI=1S/C12H16ClN3O2S/c1-8(6-14)7-16(3)19(17,18)12-5-11(15)9(2)4-10(12)13/h4-5,8H,7,15H2,1-3H3. The second-order valence-corrected chi connectivity index (χ2v) is 6.88. The third-order valence-corrected chi connectivity index (χ3v) is 5.05. The van der Waals surface area contributed by atoms with Gasteiger partial charge < -0.3 is 5.73 Å². The molecule has 0 spiro atoms. The predicted molar refractivity (Wildman–Crippen MR) is 75.2 cm³/mol. The van der Waals surface area contributed by atoms with Crippen LogP contribution in [0, 0.1) is 24.2 Å². The maximum atomic E-state index is 12.3. The Bertz CT molecular complexity index is 623. The fourth-order valence-electron chi connectivity index (χ4n) is 1.56. The molecule has 104 valence electrons. The van der Waals surface area contributed by atoms with Crippen molar-refractivity contribution in [2.45, 2.75) is 18.7 Å². The highest BCUT2D eigenvalue weighted by Crippen LogP contribution is 2.28. The molecule has 1 aromatic rings. The van der Waals surface area contributed by atoms with Gasteiger partial charge in [0.1, 0.15) is 4.90 Å². The van der Waals surface area contributed by atoms with E-state index in [1.807, 2.05) is 6.07 Å². The van der Waals surface area contributed by atoms with Gasteiger partial charge in [0.2, 0.25) is 10.0 Å². The maximum Gasteiger partial charge on any atom is 0.244 e. The number of nitriles is 1. The van der Waals surface area contributed by atoms with Gasteiger partial charge in [-0.3, -0.25) is 0 Å². The molecule has 0 fully saturated rings. The Morgan fingerprint density at radius 2 is 2.11 bits per heavy atom. The van der Waals surface area contributed by atoms with Gasteiger partial charge in [-0.15, -0.1) is 0 Å². The van der Waals surface area contributed by atoms with Crippen molar-refractivity contribution in [3.63, 3.8) is 0 Å². The van der Waals surface area contributed by atoms with Crippen LogP contribution in [-0.2, 0) is 10.0 Å². The van der Waals surface area contributed by atoms with E-state index < -0.39 is 15.9 Å². The zero-order chi connectivity index (χ0) is 14.8. The Morgan fingerprint density at radius 1 is 1.53 bits per heavy atom. The number of rotatable bonds is 4. The molecule has 19 heavy (non-hydrogen) atoms. The first-order chi connectivity index (χ1) is 8.70. The summed E-state index contributed by atoms with van der Waals surface area (Å²) in [6.45, 7) is 3.50. The molecule has 5 nitrogen and oxygen atoms in total. The van der Waals surface area contributed by atoms with E-state index in [1.54, 1.807) is 13.8 Å². The lowest BCUT2D eigenvalue weighted by Crippen LogP contribution is -2.31. The van der Waals surface area contributed by atoms with Crippen molar-refractivity contribution in [3.05, 3.63) is 22.7 Å². The van der Waals surface area contributed by atoms with E-state index in [0.29, 0.717) is 5.69 Å². The molecule has 2 N–H and O–H groups in total. The summed E-state index contributed by atoms with van der Waals surface area (Å²) in [6.07, 6.45) is 0. The quantitative estimate of drug-likeness (QED) is 0.862. The number of aryl methyl sites for hydroxylation is 1. The SMILES string of the molecule is Cc1cc(Cl)c(S(=O)(=O)N(C)CC(C)C#N)cc1N. The van der Waals surface area contributed by atoms with Crippen molar-refractivity contribution in [1.82, 2.24) is 4.31 Å². The monoisotopic (exact) mass is 301 g/mol. The van der Waals surface area contributed by atoms with Crippen LogP contribution in [0.5, 0.6) is 0 Å². The first-order valence-corrected chi connectivity index (χ1v) is 7.43. The molecule has 0 radical (unpaired) electrons. The highest BCUT2D eigenvalue weighted by Gasteiger charge is 2.25. The van der Waals surface area contributed by atoms with E-state index in [4.69, 9.17) is 22.6 Å². The van der Waals surface area contributed by atoms with Crippen LogP contribution >= 0.6 is 11.6 Å². The normalized spacial score (nSPS) is 13.3. The number of nitrogens with two attached hydrogens (primary N) is 1. The summed E-state index contributed by atoms with van der Waals surface area (Å²) >= 11 is 5.97. The Balaban J connectivity index is 3.21. The summed E-state index contributed by atoms with van der Waals surface area (Å²) in [5.74, 6) is -0.402. The van der Waals surface area contributed by atoms with Crippen molar-refractivity contribution in [1.29, 1.82) is 5.26 Å². The van der Waals surface area contributed by atoms with Crippen molar-refractivity contribution < 1.29 is 8.42 Å². The third-order valence-electron chi connectivity index (χ3n) is 2.76. The van der Waals surface area contributed by atoms with Crippen LogP contribution < -0.4 is 5.73 Å². The average Bonchev–Trinajstić information content (AvgIpc) is 2.33. The summed E-state index contributed by atoms with van der Waals surface area (Å²) in [4.78, 5) is -0.0371. The van der Waals surface area contributed by atoms with Gasteiger partial charge in [0, 0.05) is 19.3 Å². The molecular weight excluding hydrogens is 286 g/mol. The lowest BCUT2D eigenvalue weighted by molar-refractivity contribution is 0.439. The zero-order valence-corrected chi connectivity index (χ0v) is 12.6. The van der Waals surface area contributed by atoms with Crippen LogP contribution in [0.25, 0.3) is 0 Å². The number of nitrogen functional groups attached to an aromatic ring is 1. The molecule has 0 amide bonds. The number of anilines is 1. The minimum Gasteiger partial charge on any atom is -0.398 e. The summed E-state index contributed by atoms with van der Waals surface area (Å²) in [6, 6.07) is 4.86. The van der Waals surface area contributed by atoms with Crippen LogP contribution in [0.2, 0.25) is 5.02 Å². The summed E-state index contributed by atoms with van der Waals surface area (Å²) in [5, 5.41) is 8.87. The predicted octanol–water partition coefficient (Wildman–Crippen LogP) is 2.01. The van der Waals surface area contributed by atoms with Gasteiger partial charge in [-0.2, -0.15) is 9.57 Å². The molecule has 1 atom stereocenters. The molecule has 0 aromatic heterocycles. The fraction of sp³-hybridized carbons (Fsp3) is 0.417. The molecule has 0 bridgehead atoms. The van der Waals surface area contributed by atoms with E-state index in [2.05, 4.69) is 0 Å². The van der Waals surface area contributed by atoms with Gasteiger partial charge in [0.15, 0.2) is 0 Å². The van der Waals surface area contributed by atoms with Gasteiger partial charge in [0.25, 0.3) is 0 Å². The van der Waals surface area contributed by atoms with Gasteiger partial charge in [0.05, 0.1) is 17.0 Å². The highest BCUT2D eigenvalue weighted by atomic mass is 35.5. The van der Waals surface area contributed by atoms with Crippen LogP contribution in [-0.4, -0.2) is 26.3 Å². The lowest BCUT2D eigenvalue weighted by atomic mass is 10.2. The largest absolute Gasteiger partial charge is 0.398 e. The minimum atomic E-state index is -3.74. The number of sulfonamides is 1. The molecule has 0 aliphatic carbocycles. The first-order valence-electron chi connectivity index (χ1n) is 5.61. The summed E-state index contributed by atoms with van der Waals surface area (Å²) in [7, 11) is -2.33. The van der Waals surface area contributed by atoms with Gasteiger partial charge in [-0.05, 0) is 31.5 Å². The molecule has 7 heteroatoms. The molecule has 1 aromatic carbocycles. The van der Waals surface area contributed by atoms with Crippen molar-refractivity contribution in [2.75, 3.05) is 19.3 Å². The van der Waals surface area contributed by atoms with Crippen LogP contribution in [0.1, 0.15) is 12.5 Å². The summed E-state index contributed by atoms with van der Waals surface area (Å²) < 4.78 is 25.8. The van der Waals surface area contributed by atoms with Crippen LogP contribution in [0.4, 0.5) is 5.69 Å². The van der Waals surface area contributed by atoms with Gasteiger partial charge in [-0.25, -0.2) is 8.42 Å². The Hall–Kier alpha value is -1.29. The van der Waals surface area contributed by atoms with E-state index in [9.17, 15) is 8.42 Å². The number of hydrogen-bond acceptors (Lipinski definition) is 4. The van der Waals surface area contributed by atoms with E-state index in [1.165, 1.54) is 19.2 Å². The topological polar surface area (TPSA) is 87.2 Å². The molecule has 0 heterocycles. The summed E-state index contributed by atoms with van der Waals surface area (Å²) in [5.41, 5.74) is 6.80. The molecule has 0 aliphatic rings. The van der Waals surface area contributed by atoms with E-state index in [-0.39, 0.29) is 16.5 Å². The molecule has 1 unspecified atom stereocenters. The number of hydrogen-bond donors (Lipinski definition) is 1. The van der Waals surface area contributed by atoms with Crippen LogP contribution in [0.3, 0.4) is 0 Å². The van der Waals surface area contributed by atoms with E-state index >= 15 is 0 Å². The fourth-order valence-corrected chi connectivity index (χ4v) is 3.41. The lowest BCUT2D eigenvalue weighted by Gasteiger charge is -2.19. The molecule has 0 saturated carbocycles.